The molecular formula is C17H9Cl18. The summed E-state index contributed by atoms with van der Waals surface area (Å²) in [6, 6.07) is 4.18. The standard InChI is InChI=1S/C17H9Cl18/c1-6(2)9-7(10(18,19)12(22,23)14(26,27)16(30,31)32)4-3-5-8(9)11(20,21)13(24,25)15(28,29)17(33,34)35/h3-5H,1-2H3. The summed E-state index contributed by atoms with van der Waals surface area (Å²) in [6.07, 6.45) is 0. The van der Waals surface area contributed by atoms with Crippen LogP contribution in [0.2, 0.25) is 0 Å². The second kappa shape index (κ2) is 11.8. The maximum absolute atomic E-state index is 6.67. The zero-order valence-corrected chi connectivity index (χ0v) is 30.1. The van der Waals surface area contributed by atoms with Crippen LogP contribution < -0.4 is 0 Å². The lowest BCUT2D eigenvalue weighted by Gasteiger charge is -2.47. The van der Waals surface area contributed by atoms with Crippen LogP contribution >= 0.6 is 209 Å². The van der Waals surface area contributed by atoms with Crippen LogP contribution in [0, 0.1) is 5.92 Å². The van der Waals surface area contributed by atoms with E-state index in [-0.39, 0.29) is 16.7 Å². The highest BCUT2D eigenvalue weighted by Gasteiger charge is 2.71. The average molecular weight is 851 g/mol. The Morgan fingerprint density at radius 1 is 0.457 bits per heavy atom. The second-order valence-corrected chi connectivity index (χ2v) is 19.7. The molecule has 1 aromatic carbocycles. The zero-order valence-electron chi connectivity index (χ0n) is 16.5. The van der Waals surface area contributed by atoms with Gasteiger partial charge in [0.2, 0.25) is 16.3 Å². The van der Waals surface area contributed by atoms with Gasteiger partial charge in [-0.2, -0.15) is 0 Å². The molecule has 1 rings (SSSR count). The fourth-order valence-corrected chi connectivity index (χ4v) is 7.26. The van der Waals surface area contributed by atoms with E-state index >= 15 is 0 Å². The third-order valence-corrected chi connectivity index (χ3v) is 15.4. The fraction of sp³-hybridized carbons (Fsp3) is 0.588. The molecule has 0 nitrogen and oxygen atoms in total. The molecule has 0 bridgehead atoms. The maximum atomic E-state index is 6.67. The Kier molecular flexibility index (Phi) is 12.7. The van der Waals surface area contributed by atoms with Crippen LogP contribution in [-0.4, -0.2) is 24.9 Å². The minimum Gasteiger partial charge on any atom is -0.0943 e. The summed E-state index contributed by atoms with van der Waals surface area (Å²) in [7, 11) is 0. The molecule has 35 heavy (non-hydrogen) atoms. The number of alkyl halides is 18. The van der Waals surface area contributed by atoms with E-state index in [1.807, 2.05) is 0 Å². The van der Waals surface area contributed by atoms with Crippen molar-refractivity contribution in [2.45, 2.75) is 47.4 Å². The summed E-state index contributed by atoms with van der Waals surface area (Å²) in [5.41, 5.74) is 0.0177. The summed E-state index contributed by atoms with van der Waals surface area (Å²) in [5, 5.41) is 0. The van der Waals surface area contributed by atoms with Gasteiger partial charge in [0.1, 0.15) is 0 Å². The molecule has 0 saturated carbocycles. The fourth-order valence-electron chi connectivity index (χ4n) is 2.70. The minimum atomic E-state index is -2.60. The van der Waals surface area contributed by atoms with Crippen molar-refractivity contribution in [3.63, 3.8) is 0 Å². The first-order valence-corrected chi connectivity index (χ1v) is 15.2. The summed E-state index contributed by atoms with van der Waals surface area (Å²) < 4.78 is -20.1. The van der Waals surface area contributed by atoms with Crippen molar-refractivity contribution >= 4 is 209 Å². The Morgan fingerprint density at radius 2 is 0.714 bits per heavy atom. The van der Waals surface area contributed by atoms with Gasteiger partial charge in [0.25, 0.3) is 0 Å². The smallest absolute Gasteiger partial charge is 0.0943 e. The molecule has 203 valence electrons. The molecule has 0 fully saturated rings. The lowest BCUT2D eigenvalue weighted by atomic mass is 9.86. The molecular weight excluding hydrogens is 842 g/mol. The third kappa shape index (κ3) is 6.53. The van der Waals surface area contributed by atoms with Gasteiger partial charge in [-0.25, -0.2) is 0 Å². The molecule has 1 radical (unpaired) electrons. The number of benzene rings is 1. The van der Waals surface area contributed by atoms with E-state index in [1.165, 1.54) is 18.2 Å². The molecule has 0 aliphatic heterocycles. The Hall–Kier alpha value is 4.44. The van der Waals surface area contributed by atoms with Crippen molar-refractivity contribution in [1.29, 1.82) is 0 Å². The van der Waals surface area contributed by atoms with Crippen molar-refractivity contribution in [2.24, 2.45) is 0 Å². The summed E-state index contributed by atoms with van der Waals surface area (Å²) in [4.78, 5) is 0. The zero-order chi connectivity index (χ0) is 28.4. The van der Waals surface area contributed by atoms with Crippen LogP contribution in [0.15, 0.2) is 18.2 Å². The predicted octanol–water partition coefficient (Wildman–Crippen LogP) is 13.3. The van der Waals surface area contributed by atoms with Gasteiger partial charge < -0.3 is 0 Å². The van der Waals surface area contributed by atoms with Gasteiger partial charge in [-0.1, -0.05) is 241 Å². The van der Waals surface area contributed by atoms with E-state index in [0.29, 0.717) is 5.92 Å². The van der Waals surface area contributed by atoms with E-state index < -0.39 is 33.6 Å². The van der Waals surface area contributed by atoms with E-state index in [0.717, 1.165) is 0 Å². The largest absolute Gasteiger partial charge is 0.226 e. The molecule has 0 aliphatic carbocycles. The van der Waals surface area contributed by atoms with E-state index in [1.54, 1.807) is 13.8 Å². The van der Waals surface area contributed by atoms with E-state index in [4.69, 9.17) is 209 Å². The first kappa shape index (κ1) is 37.5. The van der Waals surface area contributed by atoms with Gasteiger partial charge in [-0.15, -0.1) is 0 Å². The monoisotopic (exact) mass is 843 g/mol. The molecule has 0 saturated heterocycles. The van der Waals surface area contributed by atoms with E-state index in [9.17, 15) is 0 Å². The van der Waals surface area contributed by atoms with Gasteiger partial charge >= 0.3 is 0 Å². The number of halogens is 18. The van der Waals surface area contributed by atoms with Gasteiger partial charge in [0.05, 0.1) is 0 Å². The second-order valence-electron chi connectivity index (χ2n) is 7.17. The summed E-state index contributed by atoms with van der Waals surface area (Å²) >= 11 is 113. The Morgan fingerprint density at radius 3 is 0.914 bits per heavy atom. The van der Waals surface area contributed by atoms with Crippen molar-refractivity contribution in [2.75, 3.05) is 0 Å². The minimum absolute atomic E-state index is 0.0540. The van der Waals surface area contributed by atoms with Crippen molar-refractivity contribution in [3.05, 3.63) is 40.8 Å². The molecule has 0 aromatic heterocycles. The van der Waals surface area contributed by atoms with Crippen molar-refractivity contribution in [1.82, 2.24) is 0 Å². The van der Waals surface area contributed by atoms with Gasteiger partial charge in [0, 0.05) is 0 Å². The first-order chi connectivity index (χ1) is 15.0. The first-order valence-electron chi connectivity index (χ1n) is 8.40. The molecule has 0 heterocycles. The van der Waals surface area contributed by atoms with Crippen LogP contribution in [0.4, 0.5) is 0 Å². The van der Waals surface area contributed by atoms with E-state index in [2.05, 4.69) is 0 Å². The number of hydrogen-bond acceptors (Lipinski definition) is 0. The van der Waals surface area contributed by atoms with Crippen molar-refractivity contribution in [3.8, 4) is 0 Å². The predicted molar refractivity (Wildman–Crippen MR) is 165 cm³/mol. The molecule has 0 N–H and O–H groups in total. The highest BCUT2D eigenvalue weighted by Crippen LogP contribution is 2.68. The van der Waals surface area contributed by atoms with Crippen LogP contribution in [0.5, 0.6) is 0 Å². The van der Waals surface area contributed by atoms with Gasteiger partial charge in [0.15, 0.2) is 17.3 Å². The molecule has 0 aliphatic rings. The average Bonchev–Trinajstić information content (AvgIpc) is 2.64. The highest BCUT2D eigenvalue weighted by molar-refractivity contribution is 6.81. The third-order valence-electron chi connectivity index (χ3n) is 4.53. The molecule has 0 unspecified atom stereocenters. The van der Waals surface area contributed by atoms with Crippen LogP contribution in [0.1, 0.15) is 30.5 Å². The molecule has 18 heteroatoms. The van der Waals surface area contributed by atoms with Gasteiger partial charge in [-0.3, -0.25) is 0 Å². The summed E-state index contributed by atoms with van der Waals surface area (Å²) in [6.45, 7) is 3.25. The Bertz CT molecular complexity index is 850. The van der Waals surface area contributed by atoms with Crippen LogP contribution in [0.3, 0.4) is 0 Å². The molecule has 0 atom stereocenters. The van der Waals surface area contributed by atoms with Gasteiger partial charge in [-0.05, 0) is 22.6 Å². The topological polar surface area (TPSA) is 0 Å². The van der Waals surface area contributed by atoms with Crippen LogP contribution in [0.25, 0.3) is 0 Å². The SMILES string of the molecule is C[C](C)c1c(C(Cl)(Cl)C(Cl)(Cl)C(Cl)(Cl)C(Cl)(Cl)Cl)cccc1C(Cl)(Cl)C(Cl)(Cl)C(Cl)(Cl)C(Cl)(Cl)Cl. The molecule has 1 aromatic rings. The maximum Gasteiger partial charge on any atom is 0.226 e. The normalized spacial score (nSPS) is 15.7. The van der Waals surface area contributed by atoms with Crippen LogP contribution in [-0.2, 0) is 8.67 Å². The lowest BCUT2D eigenvalue weighted by Crippen LogP contribution is -2.56. The Balaban J connectivity index is 4.04. The quantitative estimate of drug-likeness (QED) is 0.240. The molecule has 0 amide bonds. The Labute approximate surface area is 293 Å². The number of hydrogen-bond donors (Lipinski definition) is 0. The number of rotatable bonds is 7. The van der Waals surface area contributed by atoms with Crippen molar-refractivity contribution < 1.29 is 0 Å². The highest BCUT2D eigenvalue weighted by atomic mass is 35.6. The molecule has 0 spiro atoms. The lowest BCUT2D eigenvalue weighted by molar-refractivity contribution is 0.585. The summed E-state index contributed by atoms with van der Waals surface area (Å²) in [5.74, 6) is 0.479.